The summed E-state index contributed by atoms with van der Waals surface area (Å²) in [5, 5.41) is 18.8. The third-order valence-corrected chi connectivity index (χ3v) is 7.12. The Morgan fingerprint density at radius 2 is 1.68 bits per heavy atom. The summed E-state index contributed by atoms with van der Waals surface area (Å²) in [6.07, 6.45) is -0.956. The van der Waals surface area contributed by atoms with Gasteiger partial charge in [-0.1, -0.05) is 12.1 Å². The van der Waals surface area contributed by atoms with Gasteiger partial charge in [0, 0.05) is 45.0 Å². The zero-order valence-electron chi connectivity index (χ0n) is 23.2. The molecule has 0 saturated carbocycles. The van der Waals surface area contributed by atoms with Gasteiger partial charge in [-0.2, -0.15) is 0 Å². The summed E-state index contributed by atoms with van der Waals surface area (Å²) in [4.78, 5) is 29.6. The molecule has 1 aromatic carbocycles. The molecule has 0 atom stereocenters. The Balaban J connectivity index is 1.94. The van der Waals surface area contributed by atoms with Gasteiger partial charge in [0.1, 0.15) is 5.60 Å². The second-order valence-electron chi connectivity index (χ2n) is 11.7. The lowest BCUT2D eigenvalue weighted by molar-refractivity contribution is 0.00578. The van der Waals surface area contributed by atoms with Crippen molar-refractivity contribution in [3.63, 3.8) is 0 Å². The number of amides is 2. The Morgan fingerprint density at radius 3 is 2.19 bits per heavy atom. The number of carboxylic acid groups (broad SMARTS) is 1. The lowest BCUT2D eigenvalue weighted by Crippen LogP contribution is -2.49. The van der Waals surface area contributed by atoms with Crippen LogP contribution in [0.25, 0.3) is 0 Å². The Morgan fingerprint density at radius 1 is 1.08 bits per heavy atom. The first-order valence-electron chi connectivity index (χ1n) is 12.9. The van der Waals surface area contributed by atoms with Crippen LogP contribution in [0.5, 0.6) is 0 Å². The van der Waals surface area contributed by atoms with E-state index in [1.54, 1.807) is 4.90 Å². The number of carbonyl (C=O) groups is 2. The number of hydrogen-bond acceptors (Lipinski definition) is 7. The second kappa shape index (κ2) is 11.1. The molecule has 0 radical (unpaired) electrons. The van der Waals surface area contributed by atoms with Gasteiger partial charge >= 0.3 is 19.3 Å². The van der Waals surface area contributed by atoms with Crippen molar-refractivity contribution in [1.82, 2.24) is 9.80 Å². The number of anilines is 1. The standard InChI is InChI=1S/C26H42BN3O7/c1-24(2,3)35-23(34)30(11-8-16-31)18-19-17-20(27-36-25(4,5)26(6,7)37-27)9-10-21(19)28-12-14-29(15-13-28)22(32)33/h9-10,17,31H,8,11-16,18H2,1-7H3,(H,32,33). The van der Waals surface area contributed by atoms with Crippen LogP contribution in [0.15, 0.2) is 18.2 Å². The van der Waals surface area contributed by atoms with Crippen molar-refractivity contribution in [1.29, 1.82) is 0 Å². The van der Waals surface area contributed by atoms with Crippen LogP contribution in [0.1, 0.15) is 60.5 Å². The average Bonchev–Trinajstić information content (AvgIpc) is 3.02. The van der Waals surface area contributed by atoms with E-state index in [2.05, 4.69) is 4.90 Å². The third kappa shape index (κ3) is 7.09. The number of nitrogens with zero attached hydrogens (tertiary/aromatic N) is 3. The minimum absolute atomic E-state index is 0.0444. The summed E-state index contributed by atoms with van der Waals surface area (Å²) in [6.45, 7) is 15.9. The van der Waals surface area contributed by atoms with Gasteiger partial charge in [-0.3, -0.25) is 0 Å². The molecule has 2 heterocycles. The fourth-order valence-corrected chi connectivity index (χ4v) is 4.33. The Hall–Kier alpha value is -2.50. The third-order valence-electron chi connectivity index (χ3n) is 7.12. The Bertz CT molecular complexity index is 955. The molecule has 3 rings (SSSR count). The maximum Gasteiger partial charge on any atom is 0.494 e. The molecule has 1 aromatic rings. The summed E-state index contributed by atoms with van der Waals surface area (Å²) in [7, 11) is -0.561. The largest absolute Gasteiger partial charge is 0.494 e. The maximum absolute atomic E-state index is 13.1. The van der Waals surface area contributed by atoms with E-state index in [9.17, 15) is 19.8 Å². The Kier molecular flexibility index (Phi) is 8.71. The molecule has 0 aliphatic carbocycles. The fraction of sp³-hybridized carbons (Fsp3) is 0.692. The monoisotopic (exact) mass is 519 g/mol. The number of aliphatic hydroxyl groups is 1. The minimum Gasteiger partial charge on any atom is -0.465 e. The molecule has 2 aliphatic heterocycles. The van der Waals surface area contributed by atoms with Crippen LogP contribution in [-0.2, 0) is 20.6 Å². The maximum atomic E-state index is 13.1. The van der Waals surface area contributed by atoms with Crippen molar-refractivity contribution in [2.24, 2.45) is 0 Å². The summed E-state index contributed by atoms with van der Waals surface area (Å²) in [6, 6.07) is 5.96. The number of rotatable bonds is 7. The lowest BCUT2D eigenvalue weighted by Gasteiger charge is -2.36. The topological polar surface area (TPSA) is 112 Å². The molecule has 0 aromatic heterocycles. The summed E-state index contributed by atoms with van der Waals surface area (Å²) >= 11 is 0. The molecule has 0 unspecified atom stereocenters. The van der Waals surface area contributed by atoms with Crippen molar-refractivity contribution in [3.8, 4) is 0 Å². The van der Waals surface area contributed by atoms with Crippen LogP contribution < -0.4 is 10.4 Å². The van der Waals surface area contributed by atoms with Gasteiger partial charge in [0.25, 0.3) is 0 Å². The van der Waals surface area contributed by atoms with Crippen LogP contribution in [0.2, 0.25) is 0 Å². The van der Waals surface area contributed by atoms with Crippen molar-refractivity contribution in [2.45, 2.75) is 78.2 Å². The summed E-state index contributed by atoms with van der Waals surface area (Å²) in [5.41, 5.74) is 0.992. The molecular weight excluding hydrogens is 477 g/mol. The summed E-state index contributed by atoms with van der Waals surface area (Å²) in [5.74, 6) is 0. The van der Waals surface area contributed by atoms with E-state index in [1.165, 1.54) is 4.90 Å². The van der Waals surface area contributed by atoms with E-state index in [0.717, 1.165) is 16.7 Å². The van der Waals surface area contributed by atoms with Gasteiger partial charge in [0.2, 0.25) is 0 Å². The number of carbonyl (C=O) groups excluding carboxylic acids is 1. The highest BCUT2D eigenvalue weighted by atomic mass is 16.7. The fourth-order valence-electron chi connectivity index (χ4n) is 4.33. The number of aliphatic hydroxyl groups excluding tert-OH is 1. The molecule has 0 spiro atoms. The molecule has 0 bridgehead atoms. The van der Waals surface area contributed by atoms with Gasteiger partial charge in [-0.25, -0.2) is 9.59 Å². The van der Waals surface area contributed by atoms with Crippen LogP contribution in [0.3, 0.4) is 0 Å². The van der Waals surface area contributed by atoms with Crippen molar-refractivity contribution in [3.05, 3.63) is 23.8 Å². The average molecular weight is 519 g/mol. The van der Waals surface area contributed by atoms with E-state index in [-0.39, 0.29) is 13.2 Å². The number of benzene rings is 1. The molecule has 37 heavy (non-hydrogen) atoms. The molecule has 11 heteroatoms. The lowest BCUT2D eigenvalue weighted by atomic mass is 9.78. The Labute approximate surface area is 220 Å². The first-order valence-corrected chi connectivity index (χ1v) is 12.9. The molecule has 10 nitrogen and oxygen atoms in total. The van der Waals surface area contributed by atoms with Gasteiger partial charge < -0.3 is 39.0 Å². The zero-order valence-corrected chi connectivity index (χ0v) is 23.2. The molecular formula is C26H42BN3O7. The predicted octanol–water partition coefficient (Wildman–Crippen LogP) is 2.91. The number of hydrogen-bond donors (Lipinski definition) is 2. The predicted molar refractivity (Wildman–Crippen MR) is 142 cm³/mol. The second-order valence-corrected chi connectivity index (χ2v) is 11.7. The highest BCUT2D eigenvalue weighted by Gasteiger charge is 2.51. The minimum atomic E-state index is -0.920. The van der Waals surface area contributed by atoms with Gasteiger partial charge in [-0.05, 0) is 72.0 Å². The molecule has 2 amide bonds. The van der Waals surface area contributed by atoms with E-state index in [1.807, 2.05) is 66.7 Å². The smallest absolute Gasteiger partial charge is 0.465 e. The first-order chi connectivity index (χ1) is 17.1. The van der Waals surface area contributed by atoms with Gasteiger partial charge in [0.05, 0.1) is 17.7 Å². The van der Waals surface area contributed by atoms with Crippen LogP contribution in [0, 0.1) is 0 Å². The molecule has 2 saturated heterocycles. The first kappa shape index (κ1) is 29.1. The van der Waals surface area contributed by atoms with Crippen LogP contribution in [-0.4, -0.2) is 95.5 Å². The SMILES string of the molecule is CC(C)(C)OC(=O)N(CCCO)Cc1cc(B2OC(C)(C)C(C)(C)O2)ccc1N1CCN(C(=O)O)CC1. The van der Waals surface area contributed by atoms with Crippen LogP contribution in [0.4, 0.5) is 15.3 Å². The van der Waals surface area contributed by atoms with E-state index < -0.39 is 36.1 Å². The van der Waals surface area contributed by atoms with Gasteiger partial charge in [0.15, 0.2) is 0 Å². The number of piperazine rings is 1. The molecule has 206 valence electrons. The van der Waals surface area contributed by atoms with Crippen molar-refractivity contribution < 1.29 is 33.8 Å². The van der Waals surface area contributed by atoms with Gasteiger partial charge in [-0.15, -0.1) is 0 Å². The van der Waals surface area contributed by atoms with Crippen molar-refractivity contribution >= 4 is 30.5 Å². The quantitative estimate of drug-likeness (QED) is 0.529. The molecule has 2 N–H and O–H groups in total. The molecule has 2 aliphatic rings. The number of ether oxygens (including phenoxy) is 1. The van der Waals surface area contributed by atoms with Crippen molar-refractivity contribution in [2.75, 3.05) is 44.2 Å². The highest BCUT2D eigenvalue weighted by molar-refractivity contribution is 6.62. The summed E-state index contributed by atoms with van der Waals surface area (Å²) < 4.78 is 18.2. The van der Waals surface area contributed by atoms with Crippen LogP contribution >= 0.6 is 0 Å². The zero-order chi connectivity index (χ0) is 27.6. The highest BCUT2D eigenvalue weighted by Crippen LogP contribution is 2.37. The van der Waals surface area contributed by atoms with E-state index in [4.69, 9.17) is 14.0 Å². The normalized spacial score (nSPS) is 19.2. The molecule has 2 fully saturated rings. The van der Waals surface area contributed by atoms with E-state index >= 15 is 0 Å². The van der Waals surface area contributed by atoms with E-state index in [0.29, 0.717) is 39.1 Å².